The van der Waals surface area contributed by atoms with Crippen molar-refractivity contribution in [2.45, 2.75) is 25.9 Å². The van der Waals surface area contributed by atoms with E-state index in [0.29, 0.717) is 29.9 Å². The van der Waals surface area contributed by atoms with Gasteiger partial charge in [-0.15, -0.1) is 0 Å². The zero-order chi connectivity index (χ0) is 15.0. The first-order valence-corrected chi connectivity index (χ1v) is 6.71. The summed E-state index contributed by atoms with van der Waals surface area (Å²) in [5.74, 6) is 1.95. The molecule has 0 saturated carbocycles. The van der Waals surface area contributed by atoms with Crippen LogP contribution in [-0.2, 0) is 11.3 Å². The van der Waals surface area contributed by atoms with E-state index in [1.54, 1.807) is 28.4 Å². The zero-order valence-electron chi connectivity index (χ0n) is 13.0. The molecule has 0 aliphatic rings. The van der Waals surface area contributed by atoms with E-state index < -0.39 is 0 Å². The van der Waals surface area contributed by atoms with E-state index in [9.17, 15) is 0 Å². The van der Waals surface area contributed by atoms with Crippen LogP contribution in [0.25, 0.3) is 0 Å². The fourth-order valence-corrected chi connectivity index (χ4v) is 2.02. The van der Waals surface area contributed by atoms with Gasteiger partial charge in [-0.3, -0.25) is 0 Å². The van der Waals surface area contributed by atoms with Gasteiger partial charge in [0.25, 0.3) is 0 Å². The fourth-order valence-electron chi connectivity index (χ4n) is 2.02. The Morgan fingerprint density at radius 2 is 1.60 bits per heavy atom. The lowest BCUT2D eigenvalue weighted by Crippen LogP contribution is -2.32. The molecule has 0 aliphatic heterocycles. The van der Waals surface area contributed by atoms with Gasteiger partial charge in [0.15, 0.2) is 11.5 Å². The molecule has 0 saturated heterocycles. The Kier molecular flexibility index (Phi) is 7.18. The molecule has 0 spiro atoms. The van der Waals surface area contributed by atoms with Crippen LogP contribution < -0.4 is 19.5 Å². The predicted molar refractivity (Wildman–Crippen MR) is 78.9 cm³/mol. The molecule has 114 valence electrons. The van der Waals surface area contributed by atoms with Crippen molar-refractivity contribution in [1.29, 1.82) is 0 Å². The summed E-state index contributed by atoms with van der Waals surface area (Å²) in [5, 5.41) is 3.45. The van der Waals surface area contributed by atoms with Gasteiger partial charge in [-0.1, -0.05) is 6.92 Å². The van der Waals surface area contributed by atoms with Gasteiger partial charge in [-0.05, 0) is 24.1 Å². The molecule has 1 atom stereocenters. The first kappa shape index (κ1) is 16.6. The van der Waals surface area contributed by atoms with Crippen LogP contribution in [-0.4, -0.2) is 41.1 Å². The maximum atomic E-state index is 5.34. The Morgan fingerprint density at radius 3 is 2.00 bits per heavy atom. The Hall–Kier alpha value is -1.46. The molecule has 0 aromatic heterocycles. The number of methoxy groups -OCH3 is 4. The van der Waals surface area contributed by atoms with Crippen molar-refractivity contribution in [2.24, 2.45) is 0 Å². The third-order valence-electron chi connectivity index (χ3n) is 3.18. The lowest BCUT2D eigenvalue weighted by atomic mass is 10.1. The molecular weight excluding hydrogens is 258 g/mol. The molecule has 1 unspecified atom stereocenters. The number of hydrogen-bond acceptors (Lipinski definition) is 5. The van der Waals surface area contributed by atoms with Crippen LogP contribution >= 0.6 is 0 Å². The first-order valence-electron chi connectivity index (χ1n) is 6.71. The quantitative estimate of drug-likeness (QED) is 0.753. The molecule has 0 bridgehead atoms. The molecule has 0 radical (unpaired) electrons. The zero-order valence-corrected chi connectivity index (χ0v) is 13.0. The molecule has 5 heteroatoms. The van der Waals surface area contributed by atoms with Crippen molar-refractivity contribution < 1.29 is 18.9 Å². The minimum absolute atomic E-state index is 0.332. The third kappa shape index (κ3) is 4.28. The van der Waals surface area contributed by atoms with Gasteiger partial charge in [0.05, 0.1) is 27.9 Å². The Morgan fingerprint density at radius 1 is 1.00 bits per heavy atom. The Balaban J connectivity index is 2.85. The van der Waals surface area contributed by atoms with Crippen LogP contribution in [0, 0.1) is 0 Å². The topological polar surface area (TPSA) is 49.0 Å². The van der Waals surface area contributed by atoms with Gasteiger partial charge >= 0.3 is 0 Å². The van der Waals surface area contributed by atoms with Crippen LogP contribution in [0.4, 0.5) is 0 Å². The highest BCUT2D eigenvalue weighted by Crippen LogP contribution is 2.38. The Labute approximate surface area is 121 Å². The molecule has 20 heavy (non-hydrogen) atoms. The molecular formula is C15H25NO4. The van der Waals surface area contributed by atoms with Gasteiger partial charge in [0, 0.05) is 19.7 Å². The predicted octanol–water partition coefficient (Wildman–Crippen LogP) is 2.23. The second kappa shape index (κ2) is 8.66. The van der Waals surface area contributed by atoms with Crippen LogP contribution in [0.2, 0.25) is 0 Å². The van der Waals surface area contributed by atoms with Crippen molar-refractivity contribution in [3.63, 3.8) is 0 Å². The molecule has 1 aromatic carbocycles. The summed E-state index contributed by atoms with van der Waals surface area (Å²) in [6.45, 7) is 3.55. The number of ether oxygens (including phenoxy) is 4. The van der Waals surface area contributed by atoms with Crippen LogP contribution in [0.5, 0.6) is 17.2 Å². The standard InChI is InChI=1S/C15H25NO4/c1-6-12(10-17-2)16-9-11-7-13(18-3)15(20-5)14(8-11)19-4/h7-8,12,16H,6,9-10H2,1-5H3. The van der Waals surface area contributed by atoms with Crippen molar-refractivity contribution in [3.05, 3.63) is 17.7 Å². The van der Waals surface area contributed by atoms with Crippen molar-refractivity contribution in [3.8, 4) is 17.2 Å². The Bertz CT molecular complexity index is 384. The normalized spacial score (nSPS) is 12.1. The van der Waals surface area contributed by atoms with E-state index in [1.807, 2.05) is 12.1 Å². The van der Waals surface area contributed by atoms with Crippen molar-refractivity contribution in [1.82, 2.24) is 5.32 Å². The SMILES string of the molecule is CCC(COC)NCc1cc(OC)c(OC)c(OC)c1. The fraction of sp³-hybridized carbons (Fsp3) is 0.600. The lowest BCUT2D eigenvalue weighted by Gasteiger charge is -2.18. The minimum atomic E-state index is 0.332. The van der Waals surface area contributed by atoms with Crippen molar-refractivity contribution >= 4 is 0 Å². The molecule has 0 fully saturated rings. The van der Waals surface area contributed by atoms with E-state index in [0.717, 1.165) is 18.5 Å². The summed E-state index contributed by atoms with van der Waals surface area (Å²) in [4.78, 5) is 0. The van der Waals surface area contributed by atoms with E-state index in [4.69, 9.17) is 18.9 Å². The maximum absolute atomic E-state index is 5.34. The first-order chi connectivity index (χ1) is 9.69. The van der Waals surface area contributed by atoms with E-state index in [-0.39, 0.29) is 0 Å². The summed E-state index contributed by atoms with van der Waals surface area (Å²) in [5.41, 5.74) is 1.08. The van der Waals surface area contributed by atoms with Crippen LogP contribution in [0.15, 0.2) is 12.1 Å². The van der Waals surface area contributed by atoms with Gasteiger partial charge in [0.2, 0.25) is 5.75 Å². The van der Waals surface area contributed by atoms with E-state index in [2.05, 4.69) is 12.2 Å². The van der Waals surface area contributed by atoms with Gasteiger partial charge in [-0.2, -0.15) is 0 Å². The van der Waals surface area contributed by atoms with Gasteiger partial charge in [0.1, 0.15) is 0 Å². The van der Waals surface area contributed by atoms with Gasteiger partial charge in [-0.25, -0.2) is 0 Å². The van der Waals surface area contributed by atoms with E-state index >= 15 is 0 Å². The lowest BCUT2D eigenvalue weighted by molar-refractivity contribution is 0.164. The second-order valence-electron chi connectivity index (χ2n) is 4.48. The molecule has 1 N–H and O–H groups in total. The smallest absolute Gasteiger partial charge is 0.203 e. The summed E-state index contributed by atoms with van der Waals surface area (Å²) in [7, 11) is 6.55. The minimum Gasteiger partial charge on any atom is -0.493 e. The molecule has 1 aromatic rings. The highest BCUT2D eigenvalue weighted by atomic mass is 16.5. The maximum Gasteiger partial charge on any atom is 0.203 e. The monoisotopic (exact) mass is 283 g/mol. The average Bonchev–Trinajstić information content (AvgIpc) is 2.49. The number of nitrogens with one attached hydrogen (secondary N) is 1. The summed E-state index contributed by atoms with van der Waals surface area (Å²) >= 11 is 0. The summed E-state index contributed by atoms with van der Waals surface area (Å²) < 4.78 is 21.2. The number of rotatable bonds is 9. The summed E-state index contributed by atoms with van der Waals surface area (Å²) in [6.07, 6.45) is 1.01. The van der Waals surface area contributed by atoms with Crippen LogP contribution in [0.1, 0.15) is 18.9 Å². The molecule has 5 nitrogen and oxygen atoms in total. The van der Waals surface area contributed by atoms with E-state index in [1.165, 1.54) is 0 Å². The number of hydrogen-bond donors (Lipinski definition) is 1. The molecule has 0 amide bonds. The average molecular weight is 283 g/mol. The molecule has 1 rings (SSSR count). The number of benzene rings is 1. The molecule has 0 aliphatic carbocycles. The largest absolute Gasteiger partial charge is 0.493 e. The summed E-state index contributed by atoms with van der Waals surface area (Å²) in [6, 6.07) is 4.24. The van der Waals surface area contributed by atoms with Gasteiger partial charge < -0.3 is 24.3 Å². The van der Waals surface area contributed by atoms with Crippen LogP contribution in [0.3, 0.4) is 0 Å². The third-order valence-corrected chi connectivity index (χ3v) is 3.18. The highest BCUT2D eigenvalue weighted by molar-refractivity contribution is 5.53. The second-order valence-corrected chi connectivity index (χ2v) is 4.48. The van der Waals surface area contributed by atoms with Crippen molar-refractivity contribution in [2.75, 3.05) is 35.0 Å². The highest BCUT2D eigenvalue weighted by Gasteiger charge is 2.13. The molecule has 0 heterocycles.